The lowest BCUT2D eigenvalue weighted by molar-refractivity contribution is -0.275. The Labute approximate surface area is 108 Å². The van der Waals surface area contributed by atoms with Crippen molar-refractivity contribution in [2.45, 2.75) is 12.8 Å². The molecule has 0 aliphatic heterocycles. The number of aromatic nitrogens is 1. The Hall–Kier alpha value is -1.24. The van der Waals surface area contributed by atoms with Gasteiger partial charge < -0.3 is 9.47 Å². The highest BCUT2D eigenvalue weighted by Crippen LogP contribution is 2.31. The quantitative estimate of drug-likeness (QED) is 0.616. The molecule has 0 saturated heterocycles. The van der Waals surface area contributed by atoms with Crippen molar-refractivity contribution >= 4 is 22.6 Å². The zero-order chi connectivity index (χ0) is 13.1. The predicted octanol–water partition coefficient (Wildman–Crippen LogP) is 2.66. The lowest BCUT2D eigenvalue weighted by Gasteiger charge is -2.12. The second-order valence-corrected chi connectivity index (χ2v) is 3.85. The Balaban J connectivity index is 3.16. The zero-order valence-electron chi connectivity index (χ0n) is 8.51. The van der Waals surface area contributed by atoms with E-state index in [0.29, 0.717) is 0 Å². The molecule has 0 amide bonds. The number of halogens is 4. The summed E-state index contributed by atoms with van der Waals surface area (Å²) in [6, 6.07) is 2.91. The Morgan fingerprint density at radius 3 is 2.65 bits per heavy atom. The third-order valence-corrected chi connectivity index (χ3v) is 2.44. The van der Waals surface area contributed by atoms with Crippen molar-refractivity contribution in [2.24, 2.45) is 0 Å². The first-order valence-electron chi connectivity index (χ1n) is 4.23. The van der Waals surface area contributed by atoms with E-state index in [1.807, 2.05) is 6.07 Å². The largest absolute Gasteiger partial charge is 0.573 e. The van der Waals surface area contributed by atoms with Gasteiger partial charge in [-0.05, 0) is 28.7 Å². The summed E-state index contributed by atoms with van der Waals surface area (Å²) >= 11 is 1.60. The van der Waals surface area contributed by atoms with E-state index in [1.54, 1.807) is 22.6 Å². The van der Waals surface area contributed by atoms with Crippen LogP contribution in [-0.2, 0) is 6.42 Å². The van der Waals surface area contributed by atoms with E-state index in [2.05, 4.69) is 9.72 Å². The Bertz CT molecular complexity index is 457. The molecule has 4 nitrogen and oxygen atoms in total. The van der Waals surface area contributed by atoms with Crippen LogP contribution in [0, 0.1) is 15.0 Å². The monoisotopic (exact) mass is 358 g/mol. The lowest BCUT2D eigenvalue weighted by atomic mass is 10.2. The number of nitrogens with zero attached hydrogens (tertiary/aromatic N) is 2. The van der Waals surface area contributed by atoms with Crippen LogP contribution in [0.2, 0.25) is 0 Å². The van der Waals surface area contributed by atoms with Crippen molar-refractivity contribution in [3.8, 4) is 17.7 Å². The third kappa shape index (κ3) is 3.92. The standard InChI is InChI=1S/C9H6F3IN2O2/c1-16-8-5(2-3-14)4-6(7(13)15-8)17-9(10,11)12/h4H,2H2,1H3. The molecule has 0 aromatic carbocycles. The van der Waals surface area contributed by atoms with E-state index in [0.717, 1.165) is 6.07 Å². The van der Waals surface area contributed by atoms with Gasteiger partial charge in [0.05, 0.1) is 19.6 Å². The fourth-order valence-electron chi connectivity index (χ4n) is 1.08. The molecule has 17 heavy (non-hydrogen) atoms. The van der Waals surface area contributed by atoms with Gasteiger partial charge in [0.1, 0.15) is 3.70 Å². The normalized spacial score (nSPS) is 10.8. The summed E-state index contributed by atoms with van der Waals surface area (Å²) in [6.45, 7) is 0. The molecule has 0 saturated carbocycles. The minimum absolute atomic E-state index is 0.0125. The average Bonchev–Trinajstić information content (AvgIpc) is 2.21. The van der Waals surface area contributed by atoms with Crippen molar-refractivity contribution in [1.82, 2.24) is 4.98 Å². The van der Waals surface area contributed by atoms with Crippen LogP contribution in [0.15, 0.2) is 6.07 Å². The first-order chi connectivity index (χ1) is 7.87. The maximum atomic E-state index is 12.1. The van der Waals surface area contributed by atoms with Gasteiger partial charge in [0.2, 0.25) is 5.88 Å². The van der Waals surface area contributed by atoms with Crippen LogP contribution in [0.3, 0.4) is 0 Å². The van der Waals surface area contributed by atoms with E-state index in [1.165, 1.54) is 7.11 Å². The maximum Gasteiger partial charge on any atom is 0.573 e. The van der Waals surface area contributed by atoms with Gasteiger partial charge in [-0.1, -0.05) is 0 Å². The number of nitriles is 1. The predicted molar refractivity (Wildman–Crippen MR) is 59.5 cm³/mol. The molecule has 1 aromatic heterocycles. The smallest absolute Gasteiger partial charge is 0.481 e. The van der Waals surface area contributed by atoms with E-state index >= 15 is 0 Å². The molecule has 1 aromatic rings. The second-order valence-electron chi connectivity index (χ2n) is 2.83. The molecular formula is C9H6F3IN2O2. The molecule has 0 atom stereocenters. The molecule has 8 heteroatoms. The molecule has 1 heterocycles. The lowest BCUT2D eigenvalue weighted by Crippen LogP contribution is -2.18. The summed E-state index contributed by atoms with van der Waals surface area (Å²) in [5, 5.41) is 8.53. The highest BCUT2D eigenvalue weighted by molar-refractivity contribution is 14.1. The molecule has 0 N–H and O–H groups in total. The number of rotatable bonds is 3. The number of ether oxygens (including phenoxy) is 2. The summed E-state index contributed by atoms with van der Waals surface area (Å²) in [6.07, 6.45) is -4.90. The fourth-order valence-corrected chi connectivity index (χ4v) is 1.57. The number of alkyl halides is 3. The molecule has 0 aliphatic carbocycles. The zero-order valence-corrected chi connectivity index (χ0v) is 10.7. The molecule has 0 bridgehead atoms. The molecule has 92 valence electrons. The topological polar surface area (TPSA) is 55.1 Å². The van der Waals surface area contributed by atoms with Crippen molar-refractivity contribution in [1.29, 1.82) is 5.26 Å². The number of hydrogen-bond donors (Lipinski definition) is 0. The molecule has 0 radical (unpaired) electrons. The van der Waals surface area contributed by atoms with E-state index < -0.39 is 12.1 Å². The molecule has 0 unspecified atom stereocenters. The van der Waals surface area contributed by atoms with Gasteiger partial charge in [0.15, 0.2) is 5.75 Å². The van der Waals surface area contributed by atoms with Gasteiger partial charge in [-0.3, -0.25) is 0 Å². The minimum atomic E-state index is -4.79. The van der Waals surface area contributed by atoms with E-state index in [-0.39, 0.29) is 21.6 Å². The third-order valence-electron chi connectivity index (χ3n) is 1.67. The molecule has 0 fully saturated rings. The Morgan fingerprint density at radius 2 is 2.18 bits per heavy atom. The molecular weight excluding hydrogens is 352 g/mol. The van der Waals surface area contributed by atoms with Crippen molar-refractivity contribution in [3.05, 3.63) is 15.3 Å². The summed E-state index contributed by atoms with van der Waals surface area (Å²) in [5.74, 6) is -0.324. The first kappa shape index (κ1) is 13.8. The highest BCUT2D eigenvalue weighted by atomic mass is 127. The average molecular weight is 358 g/mol. The van der Waals surface area contributed by atoms with E-state index in [4.69, 9.17) is 10.00 Å². The van der Waals surface area contributed by atoms with Gasteiger partial charge in [0.25, 0.3) is 0 Å². The molecule has 0 aliphatic rings. The summed E-state index contributed by atoms with van der Waals surface area (Å²) < 4.78 is 44.9. The number of hydrogen-bond acceptors (Lipinski definition) is 4. The van der Waals surface area contributed by atoms with Crippen LogP contribution in [0.4, 0.5) is 13.2 Å². The fraction of sp³-hybridized carbons (Fsp3) is 0.333. The van der Waals surface area contributed by atoms with Crippen LogP contribution in [0.1, 0.15) is 5.56 Å². The van der Waals surface area contributed by atoms with Gasteiger partial charge in [0, 0.05) is 5.56 Å². The van der Waals surface area contributed by atoms with Crippen LogP contribution in [0.25, 0.3) is 0 Å². The van der Waals surface area contributed by atoms with Gasteiger partial charge in [-0.2, -0.15) is 5.26 Å². The Kier molecular flexibility index (Phi) is 4.39. The van der Waals surface area contributed by atoms with Crippen LogP contribution in [0.5, 0.6) is 11.6 Å². The van der Waals surface area contributed by atoms with Crippen molar-refractivity contribution < 1.29 is 22.6 Å². The maximum absolute atomic E-state index is 12.1. The van der Waals surface area contributed by atoms with Gasteiger partial charge in [-0.25, -0.2) is 4.98 Å². The van der Waals surface area contributed by atoms with Crippen LogP contribution in [-0.4, -0.2) is 18.5 Å². The van der Waals surface area contributed by atoms with Gasteiger partial charge >= 0.3 is 6.36 Å². The molecule has 1 rings (SSSR count). The Morgan fingerprint density at radius 1 is 1.53 bits per heavy atom. The number of methoxy groups -OCH3 is 1. The summed E-state index contributed by atoms with van der Waals surface area (Å²) in [5.41, 5.74) is 0.245. The number of pyridine rings is 1. The summed E-state index contributed by atoms with van der Waals surface area (Å²) in [4.78, 5) is 3.78. The van der Waals surface area contributed by atoms with Crippen molar-refractivity contribution in [2.75, 3.05) is 7.11 Å². The van der Waals surface area contributed by atoms with E-state index in [9.17, 15) is 13.2 Å². The van der Waals surface area contributed by atoms with Crippen molar-refractivity contribution in [3.63, 3.8) is 0 Å². The summed E-state index contributed by atoms with van der Waals surface area (Å²) in [7, 11) is 1.32. The van der Waals surface area contributed by atoms with Gasteiger partial charge in [-0.15, -0.1) is 13.2 Å². The SMILES string of the molecule is COc1nc(I)c(OC(F)(F)F)cc1CC#N. The highest BCUT2D eigenvalue weighted by Gasteiger charge is 2.32. The minimum Gasteiger partial charge on any atom is -0.481 e. The molecule has 0 spiro atoms. The van der Waals surface area contributed by atoms with Crippen LogP contribution >= 0.6 is 22.6 Å². The van der Waals surface area contributed by atoms with Crippen LogP contribution < -0.4 is 9.47 Å². The first-order valence-corrected chi connectivity index (χ1v) is 5.31. The second kappa shape index (κ2) is 5.39.